The number of benzene rings is 1. The molecule has 0 aliphatic rings. The number of aryl methyl sites for hydroxylation is 7. The van der Waals surface area contributed by atoms with Crippen molar-refractivity contribution in [1.82, 2.24) is 20.2 Å². The number of pyridine rings is 2. The first-order chi connectivity index (χ1) is 21.9. The molecule has 4 N–H and O–H groups in total. The van der Waals surface area contributed by atoms with Crippen LogP contribution in [0.5, 0.6) is 5.75 Å². The standard InChI is InChI=1S/C14H17N2O2P.C11H16O.C7H12N2.C5H12O/c1-3-11-7-5-9-13(15-11)19(17,18)14-10-6-8-12(4-2)16-14;1-4-9-6-8(3)7-10(5-2)11(9)12;1-3-6-5-7(4-2)9-8-6;1-3-5(6)4-2/h5-10H,3-4H2,1-2H3,(H,17,18);6-7,12H,4-5H2,1-3H3;5H,3-4H2,1-2H3,(H,8,9);5-6H,3-4H2,1-2H3. The lowest BCUT2D eigenvalue weighted by atomic mass is 10.0. The zero-order valence-corrected chi connectivity index (χ0v) is 30.4. The normalized spacial score (nSPS) is 10.7. The van der Waals surface area contributed by atoms with Gasteiger partial charge in [-0.3, -0.25) is 9.66 Å². The van der Waals surface area contributed by atoms with Gasteiger partial charge in [-0.25, -0.2) is 9.97 Å². The number of hydrogen-bond acceptors (Lipinski definition) is 6. The lowest BCUT2D eigenvalue weighted by Gasteiger charge is -2.12. The van der Waals surface area contributed by atoms with Crippen molar-refractivity contribution in [3.05, 3.63) is 94.1 Å². The van der Waals surface area contributed by atoms with E-state index in [0.717, 1.165) is 79.6 Å². The number of H-pyrrole nitrogens is 1. The minimum atomic E-state index is -3.70. The second-order valence-electron chi connectivity index (χ2n) is 11.0. The van der Waals surface area contributed by atoms with Crippen LogP contribution in [0.1, 0.15) is 108 Å². The molecule has 0 atom stereocenters. The summed E-state index contributed by atoms with van der Waals surface area (Å²) in [5.41, 5.74) is 7.76. The molecule has 3 aromatic heterocycles. The fraction of sp³-hybridized carbons (Fsp3) is 0.486. The van der Waals surface area contributed by atoms with Crippen molar-refractivity contribution >= 4 is 18.2 Å². The second kappa shape index (κ2) is 21.5. The molecule has 9 heteroatoms. The fourth-order valence-electron chi connectivity index (χ4n) is 4.32. The third-order valence-electron chi connectivity index (χ3n) is 7.47. The van der Waals surface area contributed by atoms with Gasteiger partial charge in [0.25, 0.3) is 7.37 Å². The van der Waals surface area contributed by atoms with E-state index in [1.807, 2.05) is 39.8 Å². The number of nitrogens with zero attached hydrogens (tertiary/aromatic N) is 3. The summed E-state index contributed by atoms with van der Waals surface area (Å²) in [6, 6.07) is 16.6. The minimum absolute atomic E-state index is 0.0648. The molecule has 0 fully saturated rings. The number of aliphatic hydroxyl groups is 1. The van der Waals surface area contributed by atoms with Crippen molar-refractivity contribution in [1.29, 1.82) is 0 Å². The third-order valence-corrected chi connectivity index (χ3v) is 9.21. The highest BCUT2D eigenvalue weighted by Gasteiger charge is 2.27. The lowest BCUT2D eigenvalue weighted by Crippen LogP contribution is -2.22. The maximum atomic E-state index is 12.6. The molecular weight excluding hydrogens is 595 g/mol. The highest BCUT2D eigenvalue weighted by Crippen LogP contribution is 2.36. The molecule has 4 rings (SSSR count). The number of nitrogens with one attached hydrogen (secondary N) is 1. The zero-order chi connectivity index (χ0) is 34.7. The summed E-state index contributed by atoms with van der Waals surface area (Å²) in [4.78, 5) is 18.8. The van der Waals surface area contributed by atoms with Crippen molar-refractivity contribution < 1.29 is 19.7 Å². The van der Waals surface area contributed by atoms with Gasteiger partial charge in [-0.1, -0.05) is 85.2 Å². The largest absolute Gasteiger partial charge is 0.507 e. The first kappa shape index (κ1) is 40.7. The predicted octanol–water partition coefficient (Wildman–Crippen LogP) is 7.35. The summed E-state index contributed by atoms with van der Waals surface area (Å²) < 4.78 is 12.6. The Bertz CT molecular complexity index is 1390. The average molecular weight is 653 g/mol. The maximum absolute atomic E-state index is 12.6. The van der Waals surface area contributed by atoms with Crippen molar-refractivity contribution in [2.75, 3.05) is 0 Å². The van der Waals surface area contributed by atoms with Crippen molar-refractivity contribution in [3.8, 4) is 5.75 Å². The Morgan fingerprint density at radius 2 is 1.15 bits per heavy atom. The molecule has 46 heavy (non-hydrogen) atoms. The molecule has 0 aliphatic carbocycles. The summed E-state index contributed by atoms with van der Waals surface area (Å²) in [6.07, 6.45) is 7.05. The van der Waals surface area contributed by atoms with Crippen molar-refractivity contribution in [3.63, 3.8) is 0 Å². The van der Waals surface area contributed by atoms with E-state index in [1.54, 1.807) is 24.3 Å². The van der Waals surface area contributed by atoms with Crippen LogP contribution >= 0.6 is 7.37 Å². The van der Waals surface area contributed by atoms with Crippen LogP contribution in [0.15, 0.2) is 54.6 Å². The molecule has 3 heterocycles. The Labute approximate surface area is 277 Å². The van der Waals surface area contributed by atoms with Crippen molar-refractivity contribution in [2.45, 2.75) is 120 Å². The number of phenolic OH excluding ortho intramolecular Hbond substituents is 1. The lowest BCUT2D eigenvalue weighted by molar-refractivity contribution is 0.166. The van der Waals surface area contributed by atoms with Gasteiger partial charge in [0.05, 0.1) is 11.8 Å². The van der Waals surface area contributed by atoms with E-state index in [9.17, 15) is 14.6 Å². The number of aromatic nitrogens is 4. The Kier molecular flexibility index (Phi) is 19.0. The highest BCUT2D eigenvalue weighted by atomic mass is 31.2. The molecular formula is C37H57N4O4P. The van der Waals surface area contributed by atoms with Gasteiger partial charge in [0, 0.05) is 17.1 Å². The smallest absolute Gasteiger partial charge is 0.294 e. The van der Waals surface area contributed by atoms with Crippen LogP contribution in [-0.2, 0) is 43.1 Å². The number of aromatic amines is 1. The first-order valence-corrected chi connectivity index (χ1v) is 18.4. The van der Waals surface area contributed by atoms with E-state index in [1.165, 1.54) is 11.3 Å². The average Bonchev–Trinajstić information content (AvgIpc) is 3.58. The van der Waals surface area contributed by atoms with E-state index in [4.69, 9.17) is 5.11 Å². The monoisotopic (exact) mass is 652 g/mol. The zero-order valence-electron chi connectivity index (χ0n) is 29.5. The Balaban J connectivity index is 0.000000336. The number of rotatable bonds is 10. The molecule has 8 nitrogen and oxygen atoms in total. The molecule has 0 bridgehead atoms. The topological polar surface area (TPSA) is 132 Å². The van der Waals surface area contributed by atoms with Crippen LogP contribution in [0.4, 0.5) is 0 Å². The van der Waals surface area contributed by atoms with Crippen molar-refractivity contribution in [2.24, 2.45) is 0 Å². The van der Waals surface area contributed by atoms with Gasteiger partial charge in [0.1, 0.15) is 16.6 Å². The number of phenols is 1. The molecule has 0 spiro atoms. The fourth-order valence-corrected chi connectivity index (χ4v) is 5.66. The highest BCUT2D eigenvalue weighted by molar-refractivity contribution is 7.73. The van der Waals surface area contributed by atoms with Gasteiger partial charge in [0.15, 0.2) is 0 Å². The van der Waals surface area contributed by atoms with Crippen LogP contribution in [-0.4, -0.2) is 41.4 Å². The molecule has 0 unspecified atom stereocenters. The Morgan fingerprint density at radius 3 is 1.46 bits per heavy atom. The van der Waals surface area contributed by atoms with E-state index < -0.39 is 7.37 Å². The summed E-state index contributed by atoms with van der Waals surface area (Å²) >= 11 is 0. The van der Waals surface area contributed by atoms with Crippen LogP contribution in [0.3, 0.4) is 0 Å². The van der Waals surface area contributed by atoms with E-state index in [0.29, 0.717) is 5.75 Å². The summed E-state index contributed by atoms with van der Waals surface area (Å²) in [6.45, 7) is 18.3. The first-order valence-electron chi connectivity index (χ1n) is 16.7. The van der Waals surface area contributed by atoms with Crippen LogP contribution in [0, 0.1) is 6.92 Å². The summed E-state index contributed by atoms with van der Waals surface area (Å²) in [5.74, 6) is 0.491. The van der Waals surface area contributed by atoms with Crippen LogP contribution in [0.25, 0.3) is 0 Å². The van der Waals surface area contributed by atoms with E-state index in [-0.39, 0.29) is 17.0 Å². The van der Waals surface area contributed by atoms with Gasteiger partial charge < -0.3 is 15.1 Å². The SMILES string of the molecule is CCC(O)CC.CCc1cc(C)cc(CC)c1O.CCc1cc(CC)[nH]n1.CCc1cccc(P(=O)(O)c2cccc(CC)n2)n1. The van der Waals surface area contributed by atoms with Gasteiger partial charge in [0.2, 0.25) is 0 Å². The Hall–Kier alpha value is -3.32. The molecule has 254 valence electrons. The molecule has 0 amide bonds. The minimum Gasteiger partial charge on any atom is -0.507 e. The number of aromatic hydroxyl groups is 1. The number of aliphatic hydroxyl groups excluding tert-OH is 1. The molecule has 0 saturated heterocycles. The Morgan fingerprint density at radius 1 is 0.696 bits per heavy atom. The maximum Gasteiger partial charge on any atom is 0.294 e. The van der Waals surface area contributed by atoms with Gasteiger partial charge >= 0.3 is 0 Å². The summed E-state index contributed by atoms with van der Waals surface area (Å²) in [5, 5.41) is 25.4. The molecule has 0 radical (unpaired) electrons. The summed E-state index contributed by atoms with van der Waals surface area (Å²) in [7, 11) is -3.70. The predicted molar refractivity (Wildman–Crippen MR) is 192 cm³/mol. The molecule has 4 aromatic rings. The molecule has 0 saturated carbocycles. The second-order valence-corrected chi connectivity index (χ2v) is 13.0. The van der Waals surface area contributed by atoms with Gasteiger partial charge in [-0.15, -0.1) is 0 Å². The van der Waals surface area contributed by atoms with Crippen LogP contribution < -0.4 is 10.9 Å². The van der Waals surface area contributed by atoms with Crippen LogP contribution in [0.2, 0.25) is 0 Å². The van der Waals surface area contributed by atoms with Gasteiger partial charge in [-0.05, 0) is 99.7 Å². The molecule has 0 aliphatic heterocycles. The molecule has 1 aromatic carbocycles. The van der Waals surface area contributed by atoms with E-state index >= 15 is 0 Å². The quantitative estimate of drug-likeness (QED) is 0.132. The van der Waals surface area contributed by atoms with E-state index in [2.05, 4.69) is 73.0 Å². The van der Waals surface area contributed by atoms with Gasteiger partial charge in [-0.2, -0.15) is 5.10 Å². The number of hydrogen-bond donors (Lipinski definition) is 4. The third kappa shape index (κ3) is 13.2.